The van der Waals surface area contributed by atoms with Gasteiger partial charge in [0.1, 0.15) is 0 Å². The lowest BCUT2D eigenvalue weighted by atomic mass is 9.94. The van der Waals surface area contributed by atoms with Gasteiger partial charge in [0.25, 0.3) is 0 Å². The fraction of sp³-hybridized carbons (Fsp3) is 1.00. The molecule has 0 spiro atoms. The predicted octanol–water partition coefficient (Wildman–Crippen LogP) is 3.45. The largest absolute Gasteiger partial charge is 0.316 e. The van der Waals surface area contributed by atoms with Crippen LogP contribution in [0.2, 0.25) is 0 Å². The Morgan fingerprint density at radius 3 is 2.57 bits per heavy atom. The van der Waals surface area contributed by atoms with E-state index in [1.807, 2.05) is 0 Å². The first-order valence-corrected chi connectivity index (χ1v) is 6.35. The lowest BCUT2D eigenvalue weighted by Gasteiger charge is -2.14. The number of rotatable bonds is 7. The summed E-state index contributed by atoms with van der Waals surface area (Å²) in [6.07, 6.45) is 5.66. The highest BCUT2D eigenvalue weighted by atomic mass is 14.9. The van der Waals surface area contributed by atoms with Crippen LogP contribution in [0.1, 0.15) is 53.4 Å². The molecule has 0 amide bonds. The fourth-order valence-electron chi connectivity index (χ4n) is 2.68. The van der Waals surface area contributed by atoms with Crippen LogP contribution in [0.25, 0.3) is 0 Å². The van der Waals surface area contributed by atoms with E-state index >= 15 is 0 Å². The Morgan fingerprint density at radius 1 is 1.36 bits per heavy atom. The van der Waals surface area contributed by atoms with Crippen LogP contribution in [0.3, 0.4) is 0 Å². The van der Waals surface area contributed by atoms with Crippen molar-refractivity contribution in [1.82, 2.24) is 5.32 Å². The van der Waals surface area contributed by atoms with Crippen LogP contribution in [-0.2, 0) is 0 Å². The van der Waals surface area contributed by atoms with Crippen LogP contribution >= 0.6 is 0 Å². The van der Waals surface area contributed by atoms with Crippen molar-refractivity contribution in [2.45, 2.75) is 53.4 Å². The van der Waals surface area contributed by atoms with E-state index in [4.69, 9.17) is 0 Å². The molecule has 1 nitrogen and oxygen atoms in total. The summed E-state index contributed by atoms with van der Waals surface area (Å²) in [7, 11) is 0. The first-order chi connectivity index (χ1) is 6.64. The van der Waals surface area contributed by atoms with Gasteiger partial charge in [-0.25, -0.2) is 0 Å². The molecule has 1 N–H and O–H groups in total. The molecule has 2 atom stereocenters. The van der Waals surface area contributed by atoms with Crippen molar-refractivity contribution < 1.29 is 0 Å². The summed E-state index contributed by atoms with van der Waals surface area (Å²) in [6, 6.07) is 0. The lowest BCUT2D eigenvalue weighted by molar-refractivity contribution is 0.384. The van der Waals surface area contributed by atoms with Crippen molar-refractivity contribution in [1.29, 1.82) is 0 Å². The van der Waals surface area contributed by atoms with Crippen molar-refractivity contribution >= 4 is 0 Å². The first-order valence-electron chi connectivity index (χ1n) is 6.35. The zero-order valence-corrected chi connectivity index (χ0v) is 10.4. The van der Waals surface area contributed by atoms with Crippen molar-refractivity contribution in [3.05, 3.63) is 0 Å². The molecule has 2 unspecified atom stereocenters. The van der Waals surface area contributed by atoms with Crippen LogP contribution in [-0.4, -0.2) is 13.1 Å². The summed E-state index contributed by atoms with van der Waals surface area (Å²) in [4.78, 5) is 0. The highest BCUT2D eigenvalue weighted by Gasteiger charge is 2.50. The molecule has 1 heteroatoms. The molecule has 84 valence electrons. The second-order valence-electron chi connectivity index (χ2n) is 5.42. The van der Waals surface area contributed by atoms with Gasteiger partial charge in [-0.05, 0) is 43.2 Å². The average molecular weight is 197 g/mol. The van der Waals surface area contributed by atoms with Gasteiger partial charge in [0, 0.05) is 0 Å². The monoisotopic (exact) mass is 197 g/mol. The fourth-order valence-corrected chi connectivity index (χ4v) is 2.68. The van der Waals surface area contributed by atoms with Crippen LogP contribution < -0.4 is 5.32 Å². The van der Waals surface area contributed by atoms with Gasteiger partial charge in [0.05, 0.1) is 0 Å². The van der Waals surface area contributed by atoms with Crippen molar-refractivity contribution in [2.75, 3.05) is 13.1 Å². The molecule has 0 bridgehead atoms. The van der Waals surface area contributed by atoms with Crippen LogP contribution in [0, 0.1) is 17.3 Å². The average Bonchev–Trinajstić information content (AvgIpc) is 2.80. The number of hydrogen-bond acceptors (Lipinski definition) is 1. The van der Waals surface area contributed by atoms with Gasteiger partial charge in [0.15, 0.2) is 0 Å². The van der Waals surface area contributed by atoms with Gasteiger partial charge in [-0.1, -0.05) is 40.5 Å². The van der Waals surface area contributed by atoms with Gasteiger partial charge in [0.2, 0.25) is 0 Å². The van der Waals surface area contributed by atoms with Crippen LogP contribution in [0.15, 0.2) is 0 Å². The molecule has 1 rings (SSSR count). The van der Waals surface area contributed by atoms with Crippen LogP contribution in [0.5, 0.6) is 0 Å². The topological polar surface area (TPSA) is 12.0 Å². The molecular weight excluding hydrogens is 170 g/mol. The molecule has 0 aliphatic heterocycles. The third-order valence-electron chi connectivity index (χ3n) is 3.75. The molecule has 0 radical (unpaired) electrons. The molecule has 0 aromatic carbocycles. The predicted molar refractivity (Wildman–Crippen MR) is 63.4 cm³/mol. The molecule has 1 aliphatic carbocycles. The van der Waals surface area contributed by atoms with E-state index in [1.165, 1.54) is 38.8 Å². The van der Waals surface area contributed by atoms with E-state index in [-0.39, 0.29) is 0 Å². The maximum atomic E-state index is 3.59. The summed E-state index contributed by atoms with van der Waals surface area (Å²) < 4.78 is 0. The van der Waals surface area contributed by atoms with Gasteiger partial charge >= 0.3 is 0 Å². The zero-order chi connectivity index (χ0) is 10.6. The Morgan fingerprint density at radius 2 is 2.07 bits per heavy atom. The summed E-state index contributed by atoms with van der Waals surface area (Å²) in [5.41, 5.74) is 0.735. The summed E-state index contributed by atoms with van der Waals surface area (Å²) in [5, 5.41) is 3.59. The van der Waals surface area contributed by atoms with E-state index in [1.54, 1.807) is 0 Å². The quantitative estimate of drug-likeness (QED) is 0.659. The van der Waals surface area contributed by atoms with E-state index in [0.29, 0.717) is 0 Å². The maximum absolute atomic E-state index is 3.59. The molecular formula is C13H27N. The standard InChI is InChI=1S/C13H27N/c1-5-7-13(6-2)8-12(13)10-14-9-11(3)4/h11-12,14H,5-10H2,1-4H3. The summed E-state index contributed by atoms with van der Waals surface area (Å²) in [6.45, 7) is 11.7. The van der Waals surface area contributed by atoms with E-state index in [9.17, 15) is 0 Å². The molecule has 14 heavy (non-hydrogen) atoms. The van der Waals surface area contributed by atoms with E-state index in [2.05, 4.69) is 33.0 Å². The highest BCUT2D eigenvalue weighted by molar-refractivity contribution is 5.01. The third-order valence-corrected chi connectivity index (χ3v) is 3.75. The SMILES string of the molecule is CCCC1(CC)CC1CNCC(C)C. The third kappa shape index (κ3) is 2.98. The normalized spacial score (nSPS) is 31.1. The second-order valence-corrected chi connectivity index (χ2v) is 5.42. The minimum atomic E-state index is 0.735. The van der Waals surface area contributed by atoms with Crippen molar-refractivity contribution in [3.8, 4) is 0 Å². The Balaban J connectivity index is 2.16. The minimum absolute atomic E-state index is 0.735. The number of nitrogens with one attached hydrogen (secondary N) is 1. The Labute approximate surface area is 89.7 Å². The lowest BCUT2D eigenvalue weighted by Crippen LogP contribution is -2.23. The van der Waals surface area contributed by atoms with Gasteiger partial charge in [-0.15, -0.1) is 0 Å². The molecule has 1 fully saturated rings. The number of hydrogen-bond donors (Lipinski definition) is 1. The molecule has 0 heterocycles. The molecule has 0 saturated heterocycles. The first kappa shape index (κ1) is 12.0. The Hall–Kier alpha value is -0.0400. The minimum Gasteiger partial charge on any atom is -0.316 e. The molecule has 0 aromatic rings. The Bertz CT molecular complexity index is 165. The zero-order valence-electron chi connectivity index (χ0n) is 10.4. The molecule has 0 aromatic heterocycles. The Kier molecular flexibility index (Phi) is 4.43. The van der Waals surface area contributed by atoms with E-state index in [0.717, 1.165) is 17.3 Å². The van der Waals surface area contributed by atoms with Gasteiger partial charge < -0.3 is 5.32 Å². The molecule has 1 saturated carbocycles. The van der Waals surface area contributed by atoms with Gasteiger partial charge in [-0.3, -0.25) is 0 Å². The maximum Gasteiger partial charge on any atom is -0.00149 e. The van der Waals surface area contributed by atoms with Gasteiger partial charge in [-0.2, -0.15) is 0 Å². The van der Waals surface area contributed by atoms with Crippen LogP contribution in [0.4, 0.5) is 0 Å². The smallest absolute Gasteiger partial charge is 0.00149 e. The molecule has 1 aliphatic rings. The van der Waals surface area contributed by atoms with Crippen molar-refractivity contribution in [2.24, 2.45) is 17.3 Å². The van der Waals surface area contributed by atoms with Crippen molar-refractivity contribution in [3.63, 3.8) is 0 Å². The second kappa shape index (κ2) is 5.16. The summed E-state index contributed by atoms with van der Waals surface area (Å²) in [5.74, 6) is 1.77. The summed E-state index contributed by atoms with van der Waals surface area (Å²) >= 11 is 0. The van der Waals surface area contributed by atoms with E-state index < -0.39 is 0 Å². The highest BCUT2D eigenvalue weighted by Crippen LogP contribution is 2.57.